The fourth-order valence-electron chi connectivity index (χ4n) is 2.37. The smallest absolute Gasteiger partial charge is 0.251 e. The van der Waals surface area contributed by atoms with Gasteiger partial charge in [-0.25, -0.2) is 4.98 Å². The van der Waals surface area contributed by atoms with Gasteiger partial charge < -0.3 is 10.6 Å². The molecule has 1 aromatic heterocycles. The molecular weight excluding hydrogens is 270 g/mol. The maximum absolute atomic E-state index is 12.2. The third-order valence-corrected chi connectivity index (χ3v) is 4.50. The fraction of sp³-hybridized carbons (Fsp3) is 0.333. The Morgan fingerprint density at radius 2 is 2.40 bits per heavy atom. The highest BCUT2D eigenvalue weighted by molar-refractivity contribution is 7.09. The normalized spacial score (nSPS) is 13.4. The second kappa shape index (κ2) is 5.63. The van der Waals surface area contributed by atoms with Crippen molar-refractivity contribution in [2.24, 2.45) is 0 Å². The Kier molecular flexibility index (Phi) is 3.69. The molecule has 0 spiro atoms. The highest BCUT2D eigenvalue weighted by atomic mass is 32.1. The maximum Gasteiger partial charge on any atom is 0.251 e. The molecule has 2 heterocycles. The molecule has 0 aliphatic carbocycles. The van der Waals surface area contributed by atoms with Gasteiger partial charge in [-0.1, -0.05) is 0 Å². The first-order valence-corrected chi connectivity index (χ1v) is 7.66. The van der Waals surface area contributed by atoms with E-state index in [4.69, 9.17) is 0 Å². The van der Waals surface area contributed by atoms with Crippen molar-refractivity contribution in [1.82, 2.24) is 10.3 Å². The molecule has 20 heavy (non-hydrogen) atoms. The molecule has 5 heteroatoms. The second-order valence-corrected chi connectivity index (χ2v) is 5.89. The zero-order chi connectivity index (χ0) is 13.9. The minimum Gasteiger partial charge on any atom is -0.385 e. The molecule has 0 fully saturated rings. The van der Waals surface area contributed by atoms with Crippen LogP contribution in [0.25, 0.3) is 0 Å². The van der Waals surface area contributed by atoms with Gasteiger partial charge in [0.15, 0.2) is 0 Å². The highest BCUT2D eigenvalue weighted by Crippen LogP contribution is 2.23. The number of rotatable bonds is 3. The number of thiazole rings is 1. The molecule has 1 aliphatic heterocycles. The van der Waals surface area contributed by atoms with Crippen LogP contribution < -0.4 is 10.6 Å². The molecule has 1 aromatic carbocycles. The Labute approximate surface area is 122 Å². The lowest BCUT2D eigenvalue weighted by Gasteiger charge is -2.18. The Morgan fingerprint density at radius 1 is 1.50 bits per heavy atom. The van der Waals surface area contributed by atoms with E-state index >= 15 is 0 Å². The van der Waals surface area contributed by atoms with Crippen molar-refractivity contribution in [3.05, 3.63) is 45.4 Å². The van der Waals surface area contributed by atoms with Crippen molar-refractivity contribution in [3.8, 4) is 0 Å². The van der Waals surface area contributed by atoms with Crippen molar-refractivity contribution in [1.29, 1.82) is 0 Å². The molecule has 0 saturated carbocycles. The molecular formula is C15H17N3OS. The number of hydrogen-bond donors (Lipinski definition) is 2. The number of fused-ring (bicyclic) bond motifs is 1. The van der Waals surface area contributed by atoms with Gasteiger partial charge >= 0.3 is 0 Å². The van der Waals surface area contributed by atoms with Gasteiger partial charge in [0.1, 0.15) is 0 Å². The third kappa shape index (κ3) is 2.67. The number of nitrogens with one attached hydrogen (secondary N) is 2. The Hall–Kier alpha value is -1.88. The lowest BCUT2D eigenvalue weighted by Crippen LogP contribution is -2.23. The van der Waals surface area contributed by atoms with Crippen molar-refractivity contribution in [2.75, 3.05) is 11.9 Å². The monoisotopic (exact) mass is 287 g/mol. The lowest BCUT2D eigenvalue weighted by atomic mass is 10.0. The van der Waals surface area contributed by atoms with Gasteiger partial charge in [-0.15, -0.1) is 11.3 Å². The number of anilines is 1. The molecule has 2 aromatic rings. The molecule has 2 N–H and O–H groups in total. The van der Waals surface area contributed by atoms with E-state index in [1.54, 1.807) is 16.8 Å². The van der Waals surface area contributed by atoms with E-state index in [1.807, 2.05) is 25.1 Å². The summed E-state index contributed by atoms with van der Waals surface area (Å²) in [7, 11) is 0. The van der Waals surface area contributed by atoms with E-state index in [-0.39, 0.29) is 5.91 Å². The van der Waals surface area contributed by atoms with Gasteiger partial charge in [-0.2, -0.15) is 0 Å². The summed E-state index contributed by atoms with van der Waals surface area (Å²) >= 11 is 1.57. The molecule has 0 radical (unpaired) electrons. The van der Waals surface area contributed by atoms with E-state index in [2.05, 4.69) is 15.6 Å². The second-order valence-electron chi connectivity index (χ2n) is 4.95. The third-order valence-electron chi connectivity index (χ3n) is 3.56. The van der Waals surface area contributed by atoms with Crippen LogP contribution in [0.2, 0.25) is 0 Å². The first kappa shape index (κ1) is 13.1. The zero-order valence-electron chi connectivity index (χ0n) is 11.4. The van der Waals surface area contributed by atoms with E-state index in [9.17, 15) is 4.79 Å². The minimum atomic E-state index is -0.0221. The lowest BCUT2D eigenvalue weighted by molar-refractivity contribution is 0.0951. The number of amides is 1. The van der Waals surface area contributed by atoms with Crippen molar-refractivity contribution < 1.29 is 4.79 Å². The summed E-state index contributed by atoms with van der Waals surface area (Å²) < 4.78 is 0. The van der Waals surface area contributed by atoms with Gasteiger partial charge in [-0.05, 0) is 43.5 Å². The Bertz CT molecular complexity index is 636. The molecule has 1 amide bonds. The van der Waals surface area contributed by atoms with Crippen molar-refractivity contribution >= 4 is 22.9 Å². The summed E-state index contributed by atoms with van der Waals surface area (Å²) in [4.78, 5) is 17.5. The molecule has 1 aliphatic rings. The summed E-state index contributed by atoms with van der Waals surface area (Å²) in [6, 6.07) is 5.88. The summed E-state index contributed by atoms with van der Waals surface area (Å²) in [6.07, 6.45) is 2.16. The summed E-state index contributed by atoms with van der Waals surface area (Å²) in [5.41, 5.74) is 5.92. The van der Waals surface area contributed by atoms with Gasteiger partial charge in [0, 0.05) is 22.7 Å². The van der Waals surface area contributed by atoms with Crippen LogP contribution >= 0.6 is 11.3 Å². The summed E-state index contributed by atoms with van der Waals surface area (Å²) in [6.45, 7) is 3.52. The maximum atomic E-state index is 12.2. The fourth-order valence-corrected chi connectivity index (χ4v) is 3.09. The largest absolute Gasteiger partial charge is 0.385 e. The van der Waals surface area contributed by atoms with Crippen LogP contribution in [0.4, 0.5) is 5.69 Å². The van der Waals surface area contributed by atoms with Crippen LogP contribution in [0.3, 0.4) is 0 Å². The first-order chi connectivity index (χ1) is 9.74. The predicted molar refractivity (Wildman–Crippen MR) is 81.3 cm³/mol. The molecule has 0 unspecified atom stereocenters. The Morgan fingerprint density at radius 3 is 3.20 bits per heavy atom. The summed E-state index contributed by atoms with van der Waals surface area (Å²) in [5.74, 6) is -0.0221. The zero-order valence-corrected chi connectivity index (χ0v) is 12.2. The van der Waals surface area contributed by atoms with Crippen LogP contribution in [-0.2, 0) is 13.0 Å². The van der Waals surface area contributed by atoms with Gasteiger partial charge in [-0.3, -0.25) is 4.79 Å². The molecule has 4 nitrogen and oxygen atoms in total. The molecule has 0 atom stereocenters. The van der Waals surface area contributed by atoms with Gasteiger partial charge in [0.25, 0.3) is 5.91 Å². The molecule has 0 saturated heterocycles. The van der Waals surface area contributed by atoms with E-state index in [0.29, 0.717) is 6.54 Å². The summed E-state index contributed by atoms with van der Waals surface area (Å²) in [5, 5.41) is 6.31. The van der Waals surface area contributed by atoms with Crippen LogP contribution in [-0.4, -0.2) is 17.4 Å². The SMILES string of the molecule is Cc1ncsc1CNC(=O)c1ccc2c(c1)CCCN2. The number of benzene rings is 1. The number of aromatic nitrogens is 1. The molecule has 104 valence electrons. The number of carbonyl (C=O) groups excluding carboxylic acids is 1. The number of carbonyl (C=O) groups is 1. The number of hydrogen-bond acceptors (Lipinski definition) is 4. The van der Waals surface area contributed by atoms with Crippen LogP contribution in [0.15, 0.2) is 23.7 Å². The average molecular weight is 287 g/mol. The minimum absolute atomic E-state index is 0.0221. The standard InChI is InChI=1S/C15H17N3OS/c1-10-14(20-9-18-10)8-17-15(19)12-4-5-13-11(7-12)3-2-6-16-13/h4-5,7,9,16H,2-3,6,8H2,1H3,(H,17,19). The highest BCUT2D eigenvalue weighted by Gasteiger charge is 2.12. The Balaban J connectivity index is 1.69. The van der Waals surface area contributed by atoms with Crippen LogP contribution in [0.1, 0.15) is 32.9 Å². The van der Waals surface area contributed by atoms with Crippen molar-refractivity contribution in [2.45, 2.75) is 26.3 Å². The predicted octanol–water partition coefficient (Wildman–Crippen LogP) is 2.74. The van der Waals surface area contributed by atoms with E-state index < -0.39 is 0 Å². The van der Waals surface area contributed by atoms with Crippen LogP contribution in [0.5, 0.6) is 0 Å². The first-order valence-electron chi connectivity index (χ1n) is 6.78. The number of aryl methyl sites for hydroxylation is 2. The topological polar surface area (TPSA) is 54.0 Å². The van der Waals surface area contributed by atoms with E-state index in [1.165, 1.54) is 5.56 Å². The molecule has 3 rings (SSSR count). The van der Waals surface area contributed by atoms with Gasteiger partial charge in [0.05, 0.1) is 17.7 Å². The number of nitrogens with zero attached hydrogens (tertiary/aromatic N) is 1. The van der Waals surface area contributed by atoms with E-state index in [0.717, 1.165) is 41.2 Å². The quantitative estimate of drug-likeness (QED) is 0.912. The van der Waals surface area contributed by atoms with Crippen LogP contribution in [0, 0.1) is 6.92 Å². The average Bonchev–Trinajstić information content (AvgIpc) is 2.89. The van der Waals surface area contributed by atoms with Crippen molar-refractivity contribution in [3.63, 3.8) is 0 Å². The molecule has 0 bridgehead atoms. The van der Waals surface area contributed by atoms with Gasteiger partial charge in [0.2, 0.25) is 0 Å².